The molecule has 0 saturated carbocycles. The number of aromatic carboxylic acids is 2. The summed E-state index contributed by atoms with van der Waals surface area (Å²) in [6.07, 6.45) is -4.57. The van der Waals surface area contributed by atoms with Crippen LogP contribution in [0.3, 0.4) is 0 Å². The van der Waals surface area contributed by atoms with Crippen molar-refractivity contribution in [1.29, 1.82) is 0 Å². The van der Waals surface area contributed by atoms with Crippen LogP contribution in [-0.2, 0) is 24.1 Å². The van der Waals surface area contributed by atoms with Gasteiger partial charge in [-0.05, 0) is 23.3 Å². The standard InChI is InChI=1S/C19H16F3NO6.3Na/c20-19(21,22)13-3-1-2-11(6-13)8-23(10-16(24)25)9-12-4-5-14(17(26)27)15(7-12)18(28)29;;;/h1-7H,8-10H2,(H,24,25)(H,26,27)(H,28,29);;;/q;3*+1/p-3. The molecule has 0 radical (unpaired) electrons. The number of hydrogen-bond donors (Lipinski definition) is 0. The number of halogens is 3. The summed E-state index contributed by atoms with van der Waals surface area (Å²) in [5, 5.41) is 33.1. The van der Waals surface area contributed by atoms with E-state index in [9.17, 15) is 42.9 Å². The van der Waals surface area contributed by atoms with Crippen LogP contribution in [0, 0.1) is 0 Å². The summed E-state index contributed by atoms with van der Waals surface area (Å²) >= 11 is 0. The van der Waals surface area contributed by atoms with Crippen molar-refractivity contribution >= 4 is 17.9 Å². The van der Waals surface area contributed by atoms with Gasteiger partial charge in [0.05, 0.1) is 23.5 Å². The SMILES string of the molecule is O=C([O-])CN(Cc1cccc(C(F)(F)F)c1)Cc1ccc(C(=O)[O-])c(C(=O)[O-])c1.[Na+].[Na+].[Na+]. The van der Waals surface area contributed by atoms with Crippen LogP contribution in [0.15, 0.2) is 42.5 Å². The molecule has 0 bridgehead atoms. The summed E-state index contributed by atoms with van der Waals surface area (Å²) in [5.41, 5.74) is -1.79. The number of carbonyl (C=O) groups is 3. The first-order chi connectivity index (χ1) is 13.5. The minimum atomic E-state index is -4.57. The van der Waals surface area contributed by atoms with Crippen LogP contribution in [0.2, 0.25) is 0 Å². The minimum absolute atomic E-state index is 0. The van der Waals surface area contributed by atoms with Gasteiger partial charge >= 0.3 is 94.8 Å². The summed E-state index contributed by atoms with van der Waals surface area (Å²) in [6.45, 7) is -1.06. The molecule has 0 aliphatic carbocycles. The Morgan fingerprint density at radius 1 is 0.781 bits per heavy atom. The first-order valence-corrected chi connectivity index (χ1v) is 8.11. The zero-order valence-electron chi connectivity index (χ0n) is 17.7. The number of nitrogens with zero attached hydrogens (tertiary/aromatic N) is 1. The van der Waals surface area contributed by atoms with Crippen molar-refractivity contribution < 1.29 is 132 Å². The summed E-state index contributed by atoms with van der Waals surface area (Å²) in [7, 11) is 0. The number of alkyl halides is 3. The second-order valence-electron chi connectivity index (χ2n) is 6.17. The summed E-state index contributed by atoms with van der Waals surface area (Å²) in [4.78, 5) is 34.3. The van der Waals surface area contributed by atoms with Crippen molar-refractivity contribution in [3.8, 4) is 0 Å². The van der Waals surface area contributed by atoms with E-state index in [1.807, 2.05) is 0 Å². The molecule has 13 heteroatoms. The number of carboxylic acid groups (broad SMARTS) is 3. The normalized spacial score (nSPS) is 10.4. The topological polar surface area (TPSA) is 124 Å². The first kappa shape index (κ1) is 33.8. The summed E-state index contributed by atoms with van der Waals surface area (Å²) < 4.78 is 38.6. The zero-order chi connectivity index (χ0) is 21.8. The van der Waals surface area contributed by atoms with Crippen molar-refractivity contribution in [3.05, 3.63) is 70.3 Å². The Labute approximate surface area is 247 Å². The number of hydrogen-bond acceptors (Lipinski definition) is 7. The summed E-state index contributed by atoms with van der Waals surface area (Å²) in [5.74, 6) is -5.00. The molecule has 0 unspecified atom stereocenters. The van der Waals surface area contributed by atoms with Crippen molar-refractivity contribution in [2.45, 2.75) is 19.3 Å². The van der Waals surface area contributed by atoms with Gasteiger partial charge in [-0.15, -0.1) is 0 Å². The maximum Gasteiger partial charge on any atom is 1.00 e. The fraction of sp³-hybridized carbons (Fsp3) is 0.211. The molecule has 2 aromatic rings. The van der Waals surface area contributed by atoms with E-state index in [4.69, 9.17) is 0 Å². The Bertz CT molecular complexity index is 956. The monoisotopic (exact) mass is 477 g/mol. The Morgan fingerprint density at radius 2 is 1.31 bits per heavy atom. The molecule has 32 heavy (non-hydrogen) atoms. The van der Waals surface area contributed by atoms with Gasteiger partial charge in [0.1, 0.15) is 0 Å². The number of aliphatic carboxylic acids is 1. The fourth-order valence-electron chi connectivity index (χ4n) is 2.75. The Kier molecular flexibility index (Phi) is 15.6. The van der Waals surface area contributed by atoms with Gasteiger partial charge in [0.2, 0.25) is 0 Å². The largest absolute Gasteiger partial charge is 1.00 e. The van der Waals surface area contributed by atoms with Gasteiger partial charge in [0.15, 0.2) is 0 Å². The molecule has 0 N–H and O–H groups in total. The fourth-order valence-corrected chi connectivity index (χ4v) is 2.75. The van der Waals surface area contributed by atoms with Crippen LogP contribution < -0.4 is 104 Å². The van der Waals surface area contributed by atoms with Crippen LogP contribution in [0.1, 0.15) is 37.4 Å². The predicted octanol–water partition coefficient (Wildman–Crippen LogP) is -9.80. The molecule has 0 fully saturated rings. The molecule has 0 aliphatic heterocycles. The quantitative estimate of drug-likeness (QED) is 0.346. The molecule has 0 spiro atoms. The van der Waals surface area contributed by atoms with Gasteiger partial charge in [0.25, 0.3) is 0 Å². The Balaban J connectivity index is 0. The van der Waals surface area contributed by atoms with E-state index in [2.05, 4.69) is 0 Å². The van der Waals surface area contributed by atoms with Crippen LogP contribution >= 0.6 is 0 Å². The Hall–Kier alpha value is -0.400. The molecule has 0 amide bonds. The third-order valence-corrected chi connectivity index (χ3v) is 3.94. The first-order valence-electron chi connectivity index (χ1n) is 8.11. The van der Waals surface area contributed by atoms with E-state index in [0.717, 1.165) is 24.3 Å². The van der Waals surface area contributed by atoms with E-state index in [1.165, 1.54) is 23.1 Å². The second-order valence-corrected chi connectivity index (χ2v) is 6.17. The van der Waals surface area contributed by atoms with Crippen molar-refractivity contribution in [2.75, 3.05) is 6.54 Å². The third kappa shape index (κ3) is 10.3. The van der Waals surface area contributed by atoms with Crippen LogP contribution in [0.4, 0.5) is 13.2 Å². The zero-order valence-corrected chi connectivity index (χ0v) is 23.7. The van der Waals surface area contributed by atoms with Gasteiger partial charge in [0, 0.05) is 30.8 Å². The number of rotatable bonds is 8. The van der Waals surface area contributed by atoms with Crippen LogP contribution in [0.5, 0.6) is 0 Å². The average molecular weight is 477 g/mol. The molecular formula is C19H13F3NNa3O6. The molecular weight excluding hydrogens is 464 g/mol. The summed E-state index contributed by atoms with van der Waals surface area (Å²) in [6, 6.07) is 7.49. The molecule has 7 nitrogen and oxygen atoms in total. The third-order valence-electron chi connectivity index (χ3n) is 3.94. The van der Waals surface area contributed by atoms with E-state index >= 15 is 0 Å². The van der Waals surface area contributed by atoms with Crippen LogP contribution in [0.25, 0.3) is 0 Å². The van der Waals surface area contributed by atoms with Crippen molar-refractivity contribution in [2.24, 2.45) is 0 Å². The van der Waals surface area contributed by atoms with Gasteiger partial charge < -0.3 is 29.7 Å². The minimum Gasteiger partial charge on any atom is -0.549 e. The number of carboxylic acids is 3. The molecule has 154 valence electrons. The van der Waals surface area contributed by atoms with E-state index in [0.29, 0.717) is 0 Å². The van der Waals surface area contributed by atoms with Crippen molar-refractivity contribution in [1.82, 2.24) is 4.90 Å². The van der Waals surface area contributed by atoms with Gasteiger partial charge in [-0.3, -0.25) is 4.90 Å². The molecule has 2 aromatic carbocycles. The number of benzene rings is 2. The van der Waals surface area contributed by atoms with Crippen molar-refractivity contribution in [3.63, 3.8) is 0 Å². The molecule has 0 aliphatic rings. The van der Waals surface area contributed by atoms with E-state index in [1.54, 1.807) is 0 Å². The van der Waals surface area contributed by atoms with Gasteiger partial charge in [-0.2, -0.15) is 13.2 Å². The van der Waals surface area contributed by atoms with Crippen LogP contribution in [-0.4, -0.2) is 29.4 Å². The maximum atomic E-state index is 12.9. The molecule has 2 rings (SSSR count). The molecule has 0 saturated heterocycles. The van der Waals surface area contributed by atoms with Gasteiger partial charge in [-0.25, -0.2) is 0 Å². The predicted molar refractivity (Wildman–Crippen MR) is 85.7 cm³/mol. The van der Waals surface area contributed by atoms with E-state index in [-0.39, 0.29) is 113 Å². The molecule has 0 heterocycles. The molecule has 0 atom stereocenters. The number of carbonyl (C=O) groups excluding carboxylic acids is 3. The van der Waals surface area contributed by atoms with E-state index < -0.39 is 47.3 Å². The van der Waals surface area contributed by atoms with Gasteiger partial charge in [-0.1, -0.05) is 30.3 Å². The second kappa shape index (κ2) is 14.8. The average Bonchev–Trinajstić information content (AvgIpc) is 2.60. The Morgan fingerprint density at radius 3 is 1.78 bits per heavy atom. The smallest absolute Gasteiger partial charge is 0.549 e. The molecule has 0 aromatic heterocycles. The maximum absolute atomic E-state index is 12.9.